The minimum Gasteiger partial charge on any atom is -0.290 e. The van der Waals surface area contributed by atoms with E-state index in [0.717, 1.165) is 37.0 Å². The maximum absolute atomic E-state index is 13.6. The normalized spacial score (nSPS) is 19.5. The van der Waals surface area contributed by atoms with Crippen molar-refractivity contribution in [2.45, 2.75) is 18.5 Å². The van der Waals surface area contributed by atoms with Crippen LogP contribution < -0.4 is 4.90 Å². The molecule has 1 unspecified atom stereocenters. The molecule has 6 rings (SSSR count). The van der Waals surface area contributed by atoms with Crippen molar-refractivity contribution < 1.29 is 9.59 Å². The zero-order valence-electron chi connectivity index (χ0n) is 20.2. The molecule has 2 saturated heterocycles. The molecule has 2 amide bonds. The summed E-state index contributed by atoms with van der Waals surface area (Å²) in [7, 11) is 0. The van der Waals surface area contributed by atoms with Crippen LogP contribution in [0.25, 0.3) is 10.8 Å². The average Bonchev–Trinajstić information content (AvgIpc) is 3.23. The number of benzene rings is 4. The Labute approximate surface area is 211 Å². The first kappa shape index (κ1) is 22.7. The Balaban J connectivity index is 1.21. The summed E-state index contributed by atoms with van der Waals surface area (Å²) in [5, 5.41) is 1.96. The van der Waals surface area contributed by atoms with Crippen LogP contribution in [0.1, 0.15) is 23.6 Å². The number of carbonyl (C=O) groups excluding carboxylic acids is 2. The van der Waals surface area contributed by atoms with E-state index in [1.165, 1.54) is 16.0 Å². The monoisotopic (exact) mass is 475 g/mol. The number of hydrogen-bond acceptors (Lipinski definition) is 4. The summed E-state index contributed by atoms with van der Waals surface area (Å²) in [6.07, 6.45) is 0.239. The van der Waals surface area contributed by atoms with Gasteiger partial charge in [-0.3, -0.25) is 19.4 Å². The zero-order chi connectivity index (χ0) is 24.5. The van der Waals surface area contributed by atoms with Crippen LogP contribution in [-0.4, -0.2) is 53.8 Å². The number of fused-ring (bicyclic) bond motifs is 1. The van der Waals surface area contributed by atoms with Crippen LogP contribution in [0.5, 0.6) is 0 Å². The lowest BCUT2D eigenvalue weighted by Gasteiger charge is -2.41. The summed E-state index contributed by atoms with van der Waals surface area (Å²) in [5.74, 6) is -0.220. The van der Waals surface area contributed by atoms with Gasteiger partial charge < -0.3 is 0 Å². The van der Waals surface area contributed by atoms with E-state index in [-0.39, 0.29) is 24.3 Å². The van der Waals surface area contributed by atoms with Crippen LogP contribution in [0.3, 0.4) is 0 Å². The van der Waals surface area contributed by atoms with Crippen molar-refractivity contribution in [2.75, 3.05) is 31.1 Å². The number of anilines is 1. The average molecular weight is 476 g/mol. The van der Waals surface area contributed by atoms with Gasteiger partial charge in [-0.25, -0.2) is 4.90 Å². The van der Waals surface area contributed by atoms with Gasteiger partial charge in [-0.05, 0) is 22.6 Å². The first-order valence-corrected chi connectivity index (χ1v) is 12.6. The van der Waals surface area contributed by atoms with Crippen LogP contribution >= 0.6 is 0 Å². The third-order valence-corrected chi connectivity index (χ3v) is 7.52. The summed E-state index contributed by atoms with van der Waals surface area (Å²) in [6, 6.07) is 34.7. The van der Waals surface area contributed by atoms with Crippen molar-refractivity contribution >= 4 is 28.3 Å². The fourth-order valence-corrected chi connectivity index (χ4v) is 5.75. The van der Waals surface area contributed by atoms with E-state index >= 15 is 0 Å². The molecule has 0 radical (unpaired) electrons. The second-order valence-electron chi connectivity index (χ2n) is 9.58. The Kier molecular flexibility index (Phi) is 6.09. The largest absolute Gasteiger partial charge is 0.290 e. The molecule has 2 heterocycles. The minimum atomic E-state index is -0.398. The van der Waals surface area contributed by atoms with E-state index in [0.29, 0.717) is 5.69 Å². The second kappa shape index (κ2) is 9.69. The van der Waals surface area contributed by atoms with Gasteiger partial charge in [0.15, 0.2) is 0 Å². The molecule has 180 valence electrons. The first-order chi connectivity index (χ1) is 17.7. The maximum atomic E-state index is 13.6. The molecular weight excluding hydrogens is 446 g/mol. The van der Waals surface area contributed by atoms with Crippen molar-refractivity contribution in [2.24, 2.45) is 0 Å². The van der Waals surface area contributed by atoms with E-state index < -0.39 is 6.04 Å². The molecule has 36 heavy (non-hydrogen) atoms. The van der Waals surface area contributed by atoms with Crippen LogP contribution in [-0.2, 0) is 9.59 Å². The van der Waals surface area contributed by atoms with E-state index in [1.54, 1.807) is 0 Å². The van der Waals surface area contributed by atoms with Crippen molar-refractivity contribution in [3.05, 3.63) is 114 Å². The maximum Gasteiger partial charge on any atom is 0.251 e. The lowest BCUT2D eigenvalue weighted by atomic mass is 9.96. The lowest BCUT2D eigenvalue weighted by molar-refractivity contribution is -0.123. The number of carbonyl (C=O) groups is 2. The molecule has 1 atom stereocenters. The molecule has 0 bridgehead atoms. The van der Waals surface area contributed by atoms with Crippen LogP contribution in [0.2, 0.25) is 0 Å². The SMILES string of the molecule is O=C1CC(N2CCN(C(c3ccccc3)c3ccccc3)CC2)C(=O)N1c1cccc2ccccc12. The van der Waals surface area contributed by atoms with Gasteiger partial charge in [-0.1, -0.05) is 97.1 Å². The third kappa shape index (κ3) is 4.11. The van der Waals surface area contributed by atoms with E-state index in [2.05, 4.69) is 58.3 Å². The predicted molar refractivity (Wildman–Crippen MR) is 143 cm³/mol. The summed E-state index contributed by atoms with van der Waals surface area (Å²) in [6.45, 7) is 3.17. The lowest BCUT2D eigenvalue weighted by Crippen LogP contribution is -2.53. The molecule has 2 fully saturated rings. The van der Waals surface area contributed by atoms with Crippen LogP contribution in [0, 0.1) is 0 Å². The quantitative estimate of drug-likeness (QED) is 0.386. The van der Waals surface area contributed by atoms with Gasteiger partial charge in [0.1, 0.15) is 0 Å². The Morgan fingerprint density at radius 1 is 0.639 bits per heavy atom. The van der Waals surface area contributed by atoms with Gasteiger partial charge in [0.2, 0.25) is 5.91 Å². The standard InChI is InChI=1S/C31H29N3O2/c35-29-22-28(31(36)34(29)27-17-9-15-23-10-7-8-16-26(23)27)32-18-20-33(21-19-32)30(24-11-3-1-4-12-24)25-13-5-2-6-14-25/h1-17,28,30H,18-22H2. The number of amides is 2. The second-order valence-corrected chi connectivity index (χ2v) is 9.58. The van der Waals surface area contributed by atoms with Gasteiger partial charge in [-0.15, -0.1) is 0 Å². The number of imide groups is 1. The van der Waals surface area contributed by atoms with Gasteiger partial charge in [0.05, 0.1) is 24.2 Å². The number of piperazine rings is 1. The highest BCUT2D eigenvalue weighted by Gasteiger charge is 2.44. The topological polar surface area (TPSA) is 43.9 Å². The molecule has 0 aromatic heterocycles. The molecule has 5 heteroatoms. The van der Waals surface area contributed by atoms with Gasteiger partial charge in [-0.2, -0.15) is 0 Å². The van der Waals surface area contributed by atoms with Crippen LogP contribution in [0.4, 0.5) is 5.69 Å². The molecule has 4 aromatic carbocycles. The molecular formula is C31H29N3O2. The molecule has 0 spiro atoms. The number of nitrogens with zero attached hydrogens (tertiary/aromatic N) is 3. The number of hydrogen-bond donors (Lipinski definition) is 0. The van der Waals surface area contributed by atoms with Crippen molar-refractivity contribution in [1.29, 1.82) is 0 Å². The Morgan fingerprint density at radius 3 is 1.89 bits per heavy atom. The van der Waals surface area contributed by atoms with Crippen LogP contribution in [0.15, 0.2) is 103 Å². The summed E-state index contributed by atoms with van der Waals surface area (Å²) < 4.78 is 0. The van der Waals surface area contributed by atoms with Crippen molar-refractivity contribution in [3.63, 3.8) is 0 Å². The summed E-state index contributed by atoms with van der Waals surface area (Å²) in [5.41, 5.74) is 3.23. The predicted octanol–water partition coefficient (Wildman–Crippen LogP) is 4.88. The van der Waals surface area contributed by atoms with Gasteiger partial charge >= 0.3 is 0 Å². The summed E-state index contributed by atoms with van der Waals surface area (Å²) >= 11 is 0. The van der Waals surface area contributed by atoms with Crippen molar-refractivity contribution in [3.8, 4) is 0 Å². The Morgan fingerprint density at radius 2 is 1.22 bits per heavy atom. The molecule has 2 aliphatic heterocycles. The fraction of sp³-hybridized carbons (Fsp3) is 0.226. The van der Waals surface area contributed by atoms with Gasteiger partial charge in [0, 0.05) is 31.6 Å². The molecule has 4 aromatic rings. The smallest absolute Gasteiger partial charge is 0.251 e. The molecule has 0 saturated carbocycles. The zero-order valence-corrected chi connectivity index (χ0v) is 20.2. The first-order valence-electron chi connectivity index (χ1n) is 12.6. The fourth-order valence-electron chi connectivity index (χ4n) is 5.75. The molecule has 0 N–H and O–H groups in total. The molecule has 2 aliphatic rings. The van der Waals surface area contributed by atoms with E-state index in [1.807, 2.05) is 54.6 Å². The van der Waals surface area contributed by atoms with E-state index in [4.69, 9.17) is 0 Å². The van der Waals surface area contributed by atoms with Crippen molar-refractivity contribution in [1.82, 2.24) is 9.80 Å². The van der Waals surface area contributed by atoms with Gasteiger partial charge in [0.25, 0.3) is 5.91 Å². The molecule has 5 nitrogen and oxygen atoms in total. The number of rotatable bonds is 5. The highest BCUT2D eigenvalue weighted by Crippen LogP contribution is 2.34. The Hall–Kier alpha value is -3.80. The third-order valence-electron chi connectivity index (χ3n) is 7.52. The Bertz CT molecular complexity index is 1340. The minimum absolute atomic E-state index is 0.104. The molecule has 0 aliphatic carbocycles. The highest BCUT2D eigenvalue weighted by molar-refractivity contribution is 6.25. The summed E-state index contributed by atoms with van der Waals surface area (Å²) in [4.78, 5) is 32.8. The van der Waals surface area contributed by atoms with E-state index in [9.17, 15) is 9.59 Å². The highest BCUT2D eigenvalue weighted by atomic mass is 16.2.